The summed E-state index contributed by atoms with van der Waals surface area (Å²) in [7, 11) is 0. The fourth-order valence-corrected chi connectivity index (χ4v) is 6.96. The van der Waals surface area contributed by atoms with Gasteiger partial charge in [-0.05, 0) is 80.2 Å². The third-order valence-electron chi connectivity index (χ3n) is 9.05. The van der Waals surface area contributed by atoms with E-state index in [2.05, 4.69) is 181 Å². The first-order valence-electron chi connectivity index (χ1n) is 15.7. The molecule has 0 atom stereocenters. The predicted molar refractivity (Wildman–Crippen MR) is 194 cm³/mol. The van der Waals surface area contributed by atoms with Crippen molar-refractivity contribution in [1.29, 1.82) is 0 Å². The Balaban J connectivity index is 1.22. The lowest BCUT2D eigenvalue weighted by Crippen LogP contribution is -2.10. The van der Waals surface area contributed by atoms with Crippen LogP contribution in [0, 0.1) is 0 Å². The molecule has 0 amide bonds. The number of fused-ring (bicyclic) bond motifs is 6. The van der Waals surface area contributed by atoms with Gasteiger partial charge < -0.3 is 9.32 Å². The molecule has 9 rings (SSSR count). The van der Waals surface area contributed by atoms with Crippen LogP contribution in [-0.4, -0.2) is 0 Å². The van der Waals surface area contributed by atoms with Gasteiger partial charge in [0.25, 0.3) is 0 Å². The first-order chi connectivity index (χ1) is 22.8. The second kappa shape index (κ2) is 10.8. The summed E-state index contributed by atoms with van der Waals surface area (Å²) in [4.78, 5) is 2.30. The molecule has 0 aliphatic rings. The molecule has 2 nitrogen and oxygen atoms in total. The van der Waals surface area contributed by atoms with Gasteiger partial charge >= 0.3 is 0 Å². The van der Waals surface area contributed by atoms with E-state index in [4.69, 9.17) is 4.42 Å². The van der Waals surface area contributed by atoms with E-state index in [-0.39, 0.29) is 0 Å². The van der Waals surface area contributed by atoms with E-state index in [1.54, 1.807) is 0 Å². The van der Waals surface area contributed by atoms with Crippen LogP contribution in [0.3, 0.4) is 0 Å². The summed E-state index contributed by atoms with van der Waals surface area (Å²) in [5.74, 6) is 0. The fourth-order valence-electron chi connectivity index (χ4n) is 6.96. The van der Waals surface area contributed by atoms with Gasteiger partial charge in [-0.2, -0.15) is 0 Å². The Bertz CT molecular complexity index is 2510. The summed E-state index contributed by atoms with van der Waals surface area (Å²) in [6.45, 7) is 0. The first-order valence-corrected chi connectivity index (χ1v) is 15.7. The first kappa shape index (κ1) is 26.3. The van der Waals surface area contributed by atoms with Gasteiger partial charge in [0.1, 0.15) is 5.58 Å². The maximum absolute atomic E-state index is 6.67. The molecule has 0 saturated heterocycles. The number of benzene rings is 8. The second-order valence-electron chi connectivity index (χ2n) is 11.7. The van der Waals surface area contributed by atoms with Gasteiger partial charge in [0, 0.05) is 22.1 Å². The van der Waals surface area contributed by atoms with Crippen molar-refractivity contribution in [3.8, 4) is 22.3 Å². The Hall–Kier alpha value is -6.12. The van der Waals surface area contributed by atoms with Crippen molar-refractivity contribution < 1.29 is 4.42 Å². The molecular formula is C44H29NO. The standard InChI is InChI=1S/C44H29NO/c1-3-12-30(13-4-1)36-20-9-15-33-16-10-21-37(42(33)36)32-24-27-35(28-25-32)45(34-17-5-2-6-18-34)40-23-11-22-39-43-38-19-8-7-14-31(38)26-29-41(43)46-44(39)40/h1-29H. The second-order valence-corrected chi connectivity index (χ2v) is 11.7. The largest absolute Gasteiger partial charge is 0.454 e. The van der Waals surface area contributed by atoms with Crippen LogP contribution >= 0.6 is 0 Å². The lowest BCUT2D eigenvalue weighted by atomic mass is 9.91. The zero-order chi connectivity index (χ0) is 30.5. The molecule has 46 heavy (non-hydrogen) atoms. The maximum Gasteiger partial charge on any atom is 0.159 e. The zero-order valence-corrected chi connectivity index (χ0v) is 25.1. The molecule has 0 saturated carbocycles. The molecule has 0 fully saturated rings. The number of furan rings is 1. The van der Waals surface area contributed by atoms with E-state index in [9.17, 15) is 0 Å². The highest BCUT2D eigenvalue weighted by molar-refractivity contribution is 6.21. The summed E-state index contributed by atoms with van der Waals surface area (Å²) in [6.07, 6.45) is 0. The van der Waals surface area contributed by atoms with Gasteiger partial charge in [-0.3, -0.25) is 0 Å². The molecule has 216 valence electrons. The number of para-hydroxylation sites is 2. The van der Waals surface area contributed by atoms with Gasteiger partial charge in [-0.25, -0.2) is 0 Å². The summed E-state index contributed by atoms with van der Waals surface area (Å²) in [6, 6.07) is 62.5. The highest BCUT2D eigenvalue weighted by Crippen LogP contribution is 2.44. The Labute approximate surface area is 267 Å². The number of rotatable bonds is 5. The molecule has 0 spiro atoms. The minimum atomic E-state index is 0.878. The van der Waals surface area contributed by atoms with E-state index in [1.165, 1.54) is 43.8 Å². The maximum atomic E-state index is 6.67. The average molecular weight is 588 g/mol. The quantitative estimate of drug-likeness (QED) is 0.199. The number of nitrogens with zero attached hydrogens (tertiary/aromatic N) is 1. The Morgan fingerprint density at radius 1 is 0.370 bits per heavy atom. The Morgan fingerprint density at radius 2 is 0.957 bits per heavy atom. The van der Waals surface area contributed by atoms with Crippen LogP contribution in [0.25, 0.3) is 65.7 Å². The molecule has 0 aliphatic carbocycles. The van der Waals surface area contributed by atoms with E-state index < -0.39 is 0 Å². The summed E-state index contributed by atoms with van der Waals surface area (Å²) in [5.41, 5.74) is 9.79. The highest BCUT2D eigenvalue weighted by Gasteiger charge is 2.20. The molecule has 0 radical (unpaired) electrons. The molecule has 8 aromatic carbocycles. The SMILES string of the molecule is c1ccc(-c2cccc3cccc(-c4ccc(N(c5ccccc5)c5cccc6c5oc5ccc7ccccc7c56)cc4)c23)cc1. The van der Waals surface area contributed by atoms with Crippen molar-refractivity contribution in [3.63, 3.8) is 0 Å². The molecule has 1 aromatic heterocycles. The molecule has 0 unspecified atom stereocenters. The molecule has 1 heterocycles. The third kappa shape index (κ3) is 4.27. The van der Waals surface area contributed by atoms with Gasteiger partial charge in [0.2, 0.25) is 0 Å². The molecular weight excluding hydrogens is 558 g/mol. The minimum Gasteiger partial charge on any atom is -0.454 e. The highest BCUT2D eigenvalue weighted by atomic mass is 16.3. The topological polar surface area (TPSA) is 16.4 Å². The Kier molecular flexibility index (Phi) is 6.17. The van der Waals surface area contributed by atoms with Crippen molar-refractivity contribution in [2.45, 2.75) is 0 Å². The number of hydrogen-bond donors (Lipinski definition) is 0. The summed E-state index contributed by atoms with van der Waals surface area (Å²) >= 11 is 0. The van der Waals surface area contributed by atoms with Gasteiger partial charge in [-0.15, -0.1) is 0 Å². The van der Waals surface area contributed by atoms with Crippen molar-refractivity contribution in [2.75, 3.05) is 4.90 Å². The molecule has 0 N–H and O–H groups in total. The third-order valence-corrected chi connectivity index (χ3v) is 9.05. The average Bonchev–Trinajstić information content (AvgIpc) is 3.53. The molecule has 2 heteroatoms. The number of hydrogen-bond acceptors (Lipinski definition) is 2. The van der Waals surface area contributed by atoms with Gasteiger partial charge in [-0.1, -0.05) is 140 Å². The van der Waals surface area contributed by atoms with Crippen molar-refractivity contribution >= 4 is 60.5 Å². The molecule has 0 bridgehead atoms. The minimum absolute atomic E-state index is 0.878. The lowest BCUT2D eigenvalue weighted by molar-refractivity contribution is 0.669. The van der Waals surface area contributed by atoms with E-state index in [1.807, 2.05) is 0 Å². The van der Waals surface area contributed by atoms with Gasteiger partial charge in [0.15, 0.2) is 5.58 Å². The summed E-state index contributed by atoms with van der Waals surface area (Å²) in [5, 5.41) is 7.19. The molecule has 0 aliphatic heterocycles. The number of anilines is 3. The lowest BCUT2D eigenvalue weighted by Gasteiger charge is -2.25. The van der Waals surface area contributed by atoms with Crippen LogP contribution in [0.4, 0.5) is 17.1 Å². The van der Waals surface area contributed by atoms with Crippen LogP contribution < -0.4 is 4.90 Å². The zero-order valence-electron chi connectivity index (χ0n) is 25.1. The van der Waals surface area contributed by atoms with Crippen LogP contribution in [0.5, 0.6) is 0 Å². The van der Waals surface area contributed by atoms with E-state index in [0.29, 0.717) is 0 Å². The van der Waals surface area contributed by atoms with Crippen molar-refractivity contribution in [1.82, 2.24) is 0 Å². The fraction of sp³-hybridized carbons (Fsp3) is 0. The van der Waals surface area contributed by atoms with Crippen LogP contribution in [0.15, 0.2) is 180 Å². The van der Waals surface area contributed by atoms with Crippen molar-refractivity contribution in [2.24, 2.45) is 0 Å². The predicted octanol–water partition coefficient (Wildman–Crippen LogP) is 12.7. The smallest absolute Gasteiger partial charge is 0.159 e. The monoisotopic (exact) mass is 587 g/mol. The Morgan fingerprint density at radius 3 is 1.72 bits per heavy atom. The van der Waals surface area contributed by atoms with E-state index >= 15 is 0 Å². The molecule has 9 aromatic rings. The summed E-state index contributed by atoms with van der Waals surface area (Å²) < 4.78 is 6.67. The van der Waals surface area contributed by atoms with E-state index in [0.717, 1.165) is 39.0 Å². The van der Waals surface area contributed by atoms with Gasteiger partial charge in [0.05, 0.1) is 5.69 Å². The van der Waals surface area contributed by atoms with Crippen LogP contribution in [-0.2, 0) is 0 Å². The van der Waals surface area contributed by atoms with Crippen LogP contribution in [0.2, 0.25) is 0 Å². The van der Waals surface area contributed by atoms with Crippen LogP contribution in [0.1, 0.15) is 0 Å². The normalized spacial score (nSPS) is 11.5. The van der Waals surface area contributed by atoms with Crippen molar-refractivity contribution in [3.05, 3.63) is 176 Å².